The average molecular weight is 564 g/mol. The minimum Gasteiger partial charge on any atom is -0.350 e. The first-order valence-electron chi connectivity index (χ1n) is 13.1. The Labute approximate surface area is 229 Å². The van der Waals surface area contributed by atoms with E-state index in [4.69, 9.17) is 0 Å². The van der Waals surface area contributed by atoms with Gasteiger partial charge in [-0.3, -0.25) is 9.69 Å². The van der Waals surface area contributed by atoms with Crippen LogP contribution >= 0.6 is 0 Å². The predicted molar refractivity (Wildman–Crippen MR) is 140 cm³/mol. The number of carbonyl (C=O) groups excluding carboxylic acids is 1. The summed E-state index contributed by atoms with van der Waals surface area (Å²) < 4.78 is 79.3. The number of fused-ring (bicyclic) bond motifs is 1. The number of halogens is 6. The fourth-order valence-corrected chi connectivity index (χ4v) is 4.95. The Hall–Kier alpha value is -3.37. The highest BCUT2D eigenvalue weighted by Gasteiger charge is 2.38. The summed E-state index contributed by atoms with van der Waals surface area (Å²) >= 11 is 0. The SMILES string of the molecule is O=C(NCc1cc(C(F)(F)F)cc(C(F)(F)F)c1)C1c2ccccc2CN1CCNCCCCc1ccccc1. The van der Waals surface area contributed by atoms with Gasteiger partial charge in [0.1, 0.15) is 6.04 Å². The number of alkyl halides is 6. The second kappa shape index (κ2) is 12.9. The van der Waals surface area contributed by atoms with Gasteiger partial charge in [0.25, 0.3) is 0 Å². The van der Waals surface area contributed by atoms with Gasteiger partial charge in [0, 0.05) is 26.2 Å². The van der Waals surface area contributed by atoms with Crippen LogP contribution in [0.4, 0.5) is 26.3 Å². The van der Waals surface area contributed by atoms with Crippen LogP contribution in [-0.4, -0.2) is 30.4 Å². The fourth-order valence-electron chi connectivity index (χ4n) is 4.95. The van der Waals surface area contributed by atoms with E-state index in [-0.39, 0.29) is 11.6 Å². The molecule has 2 N–H and O–H groups in total. The van der Waals surface area contributed by atoms with E-state index < -0.39 is 42.0 Å². The van der Waals surface area contributed by atoms with Gasteiger partial charge in [0.2, 0.25) is 5.91 Å². The zero-order valence-corrected chi connectivity index (χ0v) is 21.8. The van der Waals surface area contributed by atoms with Crippen molar-refractivity contribution in [3.8, 4) is 0 Å². The maximum Gasteiger partial charge on any atom is 0.416 e. The molecule has 40 heavy (non-hydrogen) atoms. The van der Waals surface area contributed by atoms with Gasteiger partial charge in [0.15, 0.2) is 0 Å². The molecule has 0 aromatic heterocycles. The summed E-state index contributed by atoms with van der Waals surface area (Å²) in [7, 11) is 0. The van der Waals surface area contributed by atoms with Crippen molar-refractivity contribution in [3.05, 3.63) is 106 Å². The number of amides is 1. The number of rotatable bonds is 11. The summed E-state index contributed by atoms with van der Waals surface area (Å²) in [6.45, 7) is 2.06. The van der Waals surface area contributed by atoms with Crippen molar-refractivity contribution in [2.75, 3.05) is 19.6 Å². The Morgan fingerprint density at radius 1 is 0.800 bits per heavy atom. The van der Waals surface area contributed by atoms with Gasteiger partial charge in [-0.25, -0.2) is 0 Å². The van der Waals surface area contributed by atoms with E-state index in [0.29, 0.717) is 31.8 Å². The van der Waals surface area contributed by atoms with Crippen molar-refractivity contribution in [1.82, 2.24) is 15.5 Å². The Morgan fingerprint density at radius 2 is 1.45 bits per heavy atom. The maximum atomic E-state index is 13.2. The maximum absolute atomic E-state index is 13.2. The highest BCUT2D eigenvalue weighted by molar-refractivity contribution is 5.84. The van der Waals surface area contributed by atoms with Gasteiger partial charge >= 0.3 is 12.4 Å². The number of benzene rings is 3. The summed E-state index contributed by atoms with van der Waals surface area (Å²) in [5, 5.41) is 5.96. The van der Waals surface area contributed by atoms with Gasteiger partial charge in [-0.1, -0.05) is 54.6 Å². The summed E-state index contributed by atoms with van der Waals surface area (Å²) in [6, 6.07) is 18.3. The Balaban J connectivity index is 1.35. The minimum atomic E-state index is -4.95. The number of nitrogens with zero attached hydrogens (tertiary/aromatic N) is 1. The van der Waals surface area contributed by atoms with Crippen LogP contribution < -0.4 is 10.6 Å². The molecule has 0 spiro atoms. The lowest BCUT2D eigenvalue weighted by Gasteiger charge is -2.24. The molecule has 0 bridgehead atoms. The van der Waals surface area contributed by atoms with Crippen molar-refractivity contribution in [3.63, 3.8) is 0 Å². The van der Waals surface area contributed by atoms with Gasteiger partial charge < -0.3 is 10.6 Å². The molecule has 10 heteroatoms. The summed E-state index contributed by atoms with van der Waals surface area (Å²) in [6.07, 6.45) is -6.85. The van der Waals surface area contributed by atoms with Crippen LogP contribution in [0.3, 0.4) is 0 Å². The van der Waals surface area contributed by atoms with Crippen molar-refractivity contribution in [2.24, 2.45) is 0 Å². The van der Waals surface area contributed by atoms with E-state index in [0.717, 1.165) is 36.9 Å². The van der Waals surface area contributed by atoms with Crippen LogP contribution in [0.5, 0.6) is 0 Å². The molecule has 0 radical (unpaired) electrons. The zero-order valence-electron chi connectivity index (χ0n) is 21.8. The predicted octanol–water partition coefficient (Wildman–Crippen LogP) is 6.51. The van der Waals surface area contributed by atoms with E-state index in [1.165, 1.54) is 5.56 Å². The van der Waals surface area contributed by atoms with Crippen LogP contribution in [0.1, 0.15) is 52.3 Å². The number of aryl methyl sites for hydroxylation is 1. The number of carbonyl (C=O) groups is 1. The summed E-state index contributed by atoms with van der Waals surface area (Å²) in [5.41, 5.74) is -0.0493. The highest BCUT2D eigenvalue weighted by atomic mass is 19.4. The van der Waals surface area contributed by atoms with E-state index in [1.54, 1.807) is 6.07 Å². The highest BCUT2D eigenvalue weighted by Crippen LogP contribution is 2.37. The molecule has 1 unspecified atom stereocenters. The van der Waals surface area contributed by atoms with Crippen molar-refractivity contribution in [1.29, 1.82) is 0 Å². The van der Waals surface area contributed by atoms with E-state index in [9.17, 15) is 31.1 Å². The first-order chi connectivity index (χ1) is 19.0. The Bertz CT molecular complexity index is 1240. The number of unbranched alkanes of at least 4 members (excludes halogenated alkanes) is 1. The van der Waals surface area contributed by atoms with E-state index >= 15 is 0 Å². The second-order valence-corrected chi connectivity index (χ2v) is 9.90. The van der Waals surface area contributed by atoms with Gasteiger partial charge in [-0.2, -0.15) is 26.3 Å². The van der Waals surface area contributed by atoms with Crippen LogP contribution in [0, 0.1) is 0 Å². The normalized spacial score (nSPS) is 15.7. The molecule has 0 fully saturated rings. The van der Waals surface area contributed by atoms with E-state index in [2.05, 4.69) is 22.8 Å². The van der Waals surface area contributed by atoms with Crippen LogP contribution in [0.25, 0.3) is 0 Å². The molecule has 1 aliphatic heterocycles. The van der Waals surface area contributed by atoms with Crippen LogP contribution in [0.2, 0.25) is 0 Å². The van der Waals surface area contributed by atoms with Gasteiger partial charge in [0.05, 0.1) is 11.1 Å². The monoisotopic (exact) mass is 563 g/mol. The minimum absolute atomic E-state index is 0.0783. The quantitative estimate of drug-likeness (QED) is 0.207. The fraction of sp³-hybridized carbons (Fsp3) is 0.367. The number of hydrogen-bond donors (Lipinski definition) is 2. The largest absolute Gasteiger partial charge is 0.416 e. The number of hydrogen-bond acceptors (Lipinski definition) is 3. The third-order valence-corrected chi connectivity index (χ3v) is 6.94. The standard InChI is InChI=1S/C30H31F6N3O/c31-29(32,33)24-16-22(17-25(18-24)30(34,35)36)19-38-28(40)27-26-12-5-4-11-23(26)20-39(27)15-14-37-13-7-6-10-21-8-2-1-3-9-21/h1-5,8-9,11-12,16-18,27,37H,6-7,10,13-15,19-20H2,(H,38,40). The molecular weight excluding hydrogens is 532 g/mol. The molecule has 0 aliphatic carbocycles. The molecule has 1 amide bonds. The van der Waals surface area contributed by atoms with E-state index in [1.807, 2.05) is 41.3 Å². The molecular formula is C30H31F6N3O. The Morgan fingerprint density at radius 3 is 2.12 bits per heavy atom. The molecule has 4 rings (SSSR count). The molecule has 0 saturated heterocycles. The first kappa shape index (κ1) is 29.6. The summed E-state index contributed by atoms with van der Waals surface area (Å²) in [5.74, 6) is -0.473. The molecule has 1 aliphatic rings. The van der Waals surface area contributed by atoms with Gasteiger partial charge in [-0.05, 0) is 66.3 Å². The first-order valence-corrected chi connectivity index (χ1v) is 13.1. The van der Waals surface area contributed by atoms with Gasteiger partial charge in [-0.15, -0.1) is 0 Å². The molecule has 4 nitrogen and oxygen atoms in total. The molecule has 214 valence electrons. The third kappa shape index (κ3) is 7.85. The lowest BCUT2D eigenvalue weighted by atomic mass is 10.0. The zero-order chi connectivity index (χ0) is 28.8. The van der Waals surface area contributed by atoms with Crippen molar-refractivity contribution in [2.45, 2.75) is 50.7 Å². The lowest BCUT2D eigenvalue weighted by molar-refractivity contribution is -0.143. The lowest BCUT2D eigenvalue weighted by Crippen LogP contribution is -2.39. The molecule has 0 saturated carbocycles. The van der Waals surface area contributed by atoms with Crippen molar-refractivity contribution >= 4 is 5.91 Å². The molecule has 3 aromatic carbocycles. The second-order valence-electron chi connectivity index (χ2n) is 9.90. The number of nitrogens with one attached hydrogen (secondary N) is 2. The molecule has 1 atom stereocenters. The summed E-state index contributed by atoms with van der Waals surface area (Å²) in [4.78, 5) is 15.2. The average Bonchev–Trinajstić information content (AvgIpc) is 3.29. The smallest absolute Gasteiger partial charge is 0.350 e. The molecule has 1 heterocycles. The van der Waals surface area contributed by atoms with Crippen LogP contribution in [0.15, 0.2) is 72.8 Å². The molecule has 3 aromatic rings. The van der Waals surface area contributed by atoms with Crippen molar-refractivity contribution < 1.29 is 31.1 Å². The Kier molecular flexibility index (Phi) is 9.52. The topological polar surface area (TPSA) is 44.4 Å². The van der Waals surface area contributed by atoms with Crippen LogP contribution in [-0.2, 0) is 36.7 Å². The third-order valence-electron chi connectivity index (χ3n) is 6.94.